The first kappa shape index (κ1) is 13.4. The molecule has 0 aliphatic carbocycles. The van der Waals surface area contributed by atoms with Crippen LogP contribution in [0.2, 0.25) is 0 Å². The molecule has 1 saturated heterocycles. The van der Waals surface area contributed by atoms with Crippen molar-refractivity contribution in [1.82, 2.24) is 4.31 Å². The maximum absolute atomic E-state index is 11.5. The minimum absolute atomic E-state index is 0.150. The van der Waals surface area contributed by atoms with Crippen LogP contribution in [0.1, 0.15) is 12.8 Å². The minimum atomic E-state index is -3.72. The van der Waals surface area contributed by atoms with Crippen LogP contribution in [0, 0.1) is 11.3 Å². The zero-order chi connectivity index (χ0) is 12.4. The molecule has 1 fully saturated rings. The van der Waals surface area contributed by atoms with E-state index in [4.69, 9.17) is 10.4 Å². The van der Waals surface area contributed by atoms with Gasteiger partial charge in [-0.25, -0.2) is 22.0 Å². The Kier molecular flexibility index (Phi) is 3.90. The van der Waals surface area contributed by atoms with E-state index in [0.717, 1.165) is 4.31 Å². The second-order valence-corrected chi connectivity index (χ2v) is 7.44. The molecule has 1 rings (SSSR count). The van der Waals surface area contributed by atoms with E-state index in [1.54, 1.807) is 6.07 Å². The maximum Gasteiger partial charge on any atom is 0.227 e. The summed E-state index contributed by atoms with van der Waals surface area (Å²) in [5.41, 5.74) is 0. The van der Waals surface area contributed by atoms with E-state index >= 15 is 0 Å². The predicted octanol–water partition coefficient (Wildman–Crippen LogP) is -1.41. The van der Waals surface area contributed by atoms with Gasteiger partial charge in [-0.15, -0.1) is 0 Å². The van der Waals surface area contributed by atoms with E-state index in [1.807, 2.05) is 0 Å². The van der Waals surface area contributed by atoms with Gasteiger partial charge in [-0.3, -0.25) is 0 Å². The Balaban J connectivity index is 2.84. The van der Waals surface area contributed by atoms with Crippen molar-refractivity contribution in [3.05, 3.63) is 0 Å². The molecule has 1 unspecified atom stereocenters. The first-order valence-electron chi connectivity index (χ1n) is 4.64. The molecule has 1 heterocycles. The van der Waals surface area contributed by atoms with Crippen molar-refractivity contribution in [3.63, 3.8) is 0 Å². The van der Waals surface area contributed by atoms with Gasteiger partial charge in [-0.1, -0.05) is 0 Å². The standard InChI is InChI=1S/C7H13N3O4S2/c8-3-5-15(11,12)10-4-1-2-7(6-10)16(9,13)14/h7H,1-2,4-6H2,(H2,9,13,14). The van der Waals surface area contributed by atoms with Crippen molar-refractivity contribution >= 4 is 20.0 Å². The summed E-state index contributed by atoms with van der Waals surface area (Å²) < 4.78 is 46.3. The normalized spacial score (nSPS) is 23.9. The van der Waals surface area contributed by atoms with Crippen LogP contribution in [-0.4, -0.2) is 45.2 Å². The summed E-state index contributed by atoms with van der Waals surface area (Å²) in [6, 6.07) is 1.55. The van der Waals surface area contributed by atoms with E-state index in [0.29, 0.717) is 12.8 Å². The van der Waals surface area contributed by atoms with Gasteiger partial charge in [0.2, 0.25) is 20.0 Å². The third kappa shape index (κ3) is 3.15. The number of primary sulfonamides is 1. The highest BCUT2D eigenvalue weighted by Crippen LogP contribution is 2.18. The van der Waals surface area contributed by atoms with Crippen LogP contribution in [0.3, 0.4) is 0 Å². The van der Waals surface area contributed by atoms with Crippen molar-refractivity contribution in [2.24, 2.45) is 5.14 Å². The van der Waals surface area contributed by atoms with Gasteiger partial charge < -0.3 is 0 Å². The summed E-state index contributed by atoms with van der Waals surface area (Å²) in [6.07, 6.45) is 0.795. The molecule has 16 heavy (non-hydrogen) atoms. The van der Waals surface area contributed by atoms with Crippen LogP contribution in [0.5, 0.6) is 0 Å². The van der Waals surface area contributed by atoms with Crippen LogP contribution in [-0.2, 0) is 20.0 Å². The van der Waals surface area contributed by atoms with Crippen LogP contribution in [0.15, 0.2) is 0 Å². The van der Waals surface area contributed by atoms with Crippen LogP contribution in [0.25, 0.3) is 0 Å². The zero-order valence-electron chi connectivity index (χ0n) is 8.53. The quantitative estimate of drug-likeness (QED) is 0.673. The van der Waals surface area contributed by atoms with Gasteiger partial charge in [-0.2, -0.15) is 9.57 Å². The lowest BCUT2D eigenvalue weighted by atomic mass is 10.2. The van der Waals surface area contributed by atoms with E-state index < -0.39 is 31.0 Å². The number of rotatable bonds is 3. The first-order valence-corrected chi connectivity index (χ1v) is 7.85. The highest BCUT2D eigenvalue weighted by Gasteiger charge is 2.33. The van der Waals surface area contributed by atoms with Gasteiger partial charge >= 0.3 is 0 Å². The molecule has 0 amide bonds. The van der Waals surface area contributed by atoms with E-state index in [2.05, 4.69) is 0 Å². The molecule has 0 bridgehead atoms. The van der Waals surface area contributed by atoms with Crippen LogP contribution < -0.4 is 5.14 Å². The number of nitriles is 1. The third-order valence-electron chi connectivity index (χ3n) is 2.45. The molecule has 0 aromatic rings. The van der Waals surface area contributed by atoms with Crippen molar-refractivity contribution in [2.45, 2.75) is 18.1 Å². The summed E-state index contributed by atoms with van der Waals surface area (Å²) in [6.45, 7) is 0.0961. The highest BCUT2D eigenvalue weighted by molar-refractivity contribution is 7.90. The molecule has 1 aliphatic heterocycles. The summed E-state index contributed by atoms with van der Waals surface area (Å²) in [7, 11) is -7.40. The summed E-state index contributed by atoms with van der Waals surface area (Å²) in [4.78, 5) is 0. The van der Waals surface area contributed by atoms with E-state index in [-0.39, 0.29) is 13.1 Å². The lowest BCUT2D eigenvalue weighted by molar-refractivity contribution is 0.347. The van der Waals surface area contributed by atoms with Gasteiger partial charge in [0.1, 0.15) is 0 Å². The van der Waals surface area contributed by atoms with Crippen molar-refractivity contribution in [3.8, 4) is 6.07 Å². The predicted molar refractivity (Wildman–Crippen MR) is 57.1 cm³/mol. The molecule has 2 N–H and O–H groups in total. The van der Waals surface area contributed by atoms with Gasteiger partial charge in [0, 0.05) is 13.1 Å². The SMILES string of the molecule is N#CCS(=O)(=O)N1CCCC(S(N)(=O)=O)C1. The van der Waals surface area contributed by atoms with Gasteiger partial charge in [0.25, 0.3) is 0 Å². The number of hydrogen-bond donors (Lipinski definition) is 1. The molecular formula is C7H13N3O4S2. The monoisotopic (exact) mass is 267 g/mol. The lowest BCUT2D eigenvalue weighted by Crippen LogP contribution is -2.47. The average Bonchev–Trinajstić information content (AvgIpc) is 2.16. The van der Waals surface area contributed by atoms with Crippen LogP contribution >= 0.6 is 0 Å². The zero-order valence-corrected chi connectivity index (χ0v) is 10.2. The molecule has 7 nitrogen and oxygen atoms in total. The summed E-state index contributed by atoms with van der Waals surface area (Å²) in [5, 5.41) is 12.5. The third-order valence-corrected chi connectivity index (χ3v) is 5.37. The van der Waals surface area contributed by atoms with E-state index in [9.17, 15) is 16.8 Å². The molecule has 1 aliphatic rings. The molecule has 0 saturated carbocycles. The topological polar surface area (TPSA) is 121 Å². The van der Waals surface area contributed by atoms with Crippen molar-refractivity contribution in [1.29, 1.82) is 5.26 Å². The lowest BCUT2D eigenvalue weighted by Gasteiger charge is -2.29. The smallest absolute Gasteiger partial charge is 0.227 e. The molecule has 0 aromatic heterocycles. The Labute approximate surface area is 94.9 Å². The fourth-order valence-corrected chi connectivity index (χ4v) is 3.74. The Morgan fingerprint density at radius 2 is 2.00 bits per heavy atom. The fraction of sp³-hybridized carbons (Fsp3) is 0.857. The second kappa shape index (κ2) is 4.67. The fourth-order valence-electron chi connectivity index (χ4n) is 1.60. The first-order chi connectivity index (χ1) is 7.27. The number of piperidine rings is 1. The van der Waals surface area contributed by atoms with Gasteiger partial charge in [-0.05, 0) is 12.8 Å². The van der Waals surface area contributed by atoms with Crippen molar-refractivity contribution < 1.29 is 16.8 Å². The second-order valence-electron chi connectivity index (χ2n) is 3.63. The highest BCUT2D eigenvalue weighted by atomic mass is 32.2. The Bertz CT molecular complexity index is 490. The summed E-state index contributed by atoms with van der Waals surface area (Å²) >= 11 is 0. The van der Waals surface area contributed by atoms with Gasteiger partial charge in [0.05, 0.1) is 11.3 Å². The largest absolute Gasteiger partial charge is 0.228 e. The average molecular weight is 267 g/mol. The molecule has 9 heteroatoms. The number of hydrogen-bond acceptors (Lipinski definition) is 5. The Hall–Kier alpha value is -0.690. The number of nitrogens with zero attached hydrogens (tertiary/aromatic N) is 2. The van der Waals surface area contributed by atoms with Crippen LogP contribution in [0.4, 0.5) is 0 Å². The molecule has 92 valence electrons. The molecular weight excluding hydrogens is 254 g/mol. The molecule has 1 atom stereocenters. The van der Waals surface area contributed by atoms with Gasteiger partial charge in [0.15, 0.2) is 5.75 Å². The Morgan fingerprint density at radius 1 is 1.38 bits per heavy atom. The van der Waals surface area contributed by atoms with E-state index in [1.165, 1.54) is 0 Å². The minimum Gasteiger partial charge on any atom is -0.228 e. The molecule has 0 radical (unpaired) electrons. The maximum atomic E-state index is 11.5. The number of sulfonamides is 2. The summed E-state index contributed by atoms with van der Waals surface area (Å²) in [5.74, 6) is -0.635. The van der Waals surface area contributed by atoms with Crippen molar-refractivity contribution in [2.75, 3.05) is 18.8 Å². The molecule has 0 spiro atoms. The Morgan fingerprint density at radius 3 is 2.50 bits per heavy atom. The number of nitrogens with two attached hydrogens (primary N) is 1. The molecule has 0 aromatic carbocycles.